The van der Waals surface area contributed by atoms with Gasteiger partial charge in [-0.2, -0.15) is 0 Å². The summed E-state index contributed by atoms with van der Waals surface area (Å²) in [6.45, 7) is 8.62. The van der Waals surface area contributed by atoms with Gasteiger partial charge >= 0.3 is 0 Å². The molecule has 0 aliphatic rings. The zero-order valence-electron chi connectivity index (χ0n) is 12.7. The van der Waals surface area contributed by atoms with Crippen LogP contribution in [0.2, 0.25) is 0 Å². The molecule has 3 N–H and O–H groups in total. The lowest BCUT2D eigenvalue weighted by molar-refractivity contribution is 0.0948. The summed E-state index contributed by atoms with van der Waals surface area (Å²) in [5, 5.41) is 2.98. The molecule has 4 heteroatoms. The number of hydrogen-bond donors (Lipinski definition) is 2. The van der Waals surface area contributed by atoms with Crippen LogP contribution >= 0.6 is 0 Å². The summed E-state index contributed by atoms with van der Waals surface area (Å²) in [4.78, 5) is 14.4. The number of rotatable bonds is 9. The van der Waals surface area contributed by atoms with Gasteiger partial charge in [-0.25, -0.2) is 0 Å². The lowest BCUT2D eigenvalue weighted by Gasteiger charge is -2.19. The average molecular weight is 277 g/mol. The van der Waals surface area contributed by atoms with Crippen molar-refractivity contribution in [1.82, 2.24) is 10.2 Å². The predicted molar refractivity (Wildman–Crippen MR) is 83.9 cm³/mol. The van der Waals surface area contributed by atoms with E-state index in [1.54, 1.807) is 0 Å². The Morgan fingerprint density at radius 1 is 1.30 bits per heavy atom. The molecule has 0 atom stereocenters. The van der Waals surface area contributed by atoms with Gasteiger partial charge in [0.15, 0.2) is 0 Å². The first-order valence-electron chi connectivity index (χ1n) is 7.50. The zero-order valence-corrected chi connectivity index (χ0v) is 12.7. The Morgan fingerprint density at radius 2 is 2.10 bits per heavy atom. The predicted octanol–water partition coefficient (Wildman–Crippen LogP) is 1.65. The number of amides is 1. The SMILES string of the molecule is CCCN(CC)CCNC(=O)c1cccc(CCN)c1. The monoisotopic (exact) mass is 277 g/mol. The number of nitrogens with two attached hydrogens (primary N) is 1. The number of hydrogen-bond acceptors (Lipinski definition) is 3. The summed E-state index contributed by atoms with van der Waals surface area (Å²) in [6, 6.07) is 7.68. The van der Waals surface area contributed by atoms with Gasteiger partial charge in [-0.15, -0.1) is 0 Å². The molecule has 0 aliphatic carbocycles. The highest BCUT2D eigenvalue weighted by Crippen LogP contribution is 2.05. The summed E-state index contributed by atoms with van der Waals surface area (Å²) in [7, 11) is 0. The Bertz CT molecular complexity index is 406. The summed E-state index contributed by atoms with van der Waals surface area (Å²) in [5.74, 6) is -0.00331. The fraction of sp³-hybridized carbons (Fsp3) is 0.562. The van der Waals surface area contributed by atoms with Gasteiger partial charge in [-0.1, -0.05) is 26.0 Å². The summed E-state index contributed by atoms with van der Waals surface area (Å²) >= 11 is 0. The minimum atomic E-state index is -0.00331. The average Bonchev–Trinajstić information content (AvgIpc) is 2.47. The molecular weight excluding hydrogens is 250 g/mol. The molecule has 0 saturated heterocycles. The van der Waals surface area contributed by atoms with E-state index in [1.165, 1.54) is 0 Å². The van der Waals surface area contributed by atoms with Crippen LogP contribution in [0.3, 0.4) is 0 Å². The van der Waals surface area contributed by atoms with Crippen molar-refractivity contribution < 1.29 is 4.79 Å². The van der Waals surface area contributed by atoms with E-state index in [-0.39, 0.29) is 5.91 Å². The van der Waals surface area contributed by atoms with E-state index in [2.05, 4.69) is 24.1 Å². The van der Waals surface area contributed by atoms with Gasteiger partial charge in [0.05, 0.1) is 0 Å². The van der Waals surface area contributed by atoms with Gasteiger partial charge in [-0.3, -0.25) is 4.79 Å². The van der Waals surface area contributed by atoms with Crippen LogP contribution in [-0.4, -0.2) is 43.5 Å². The molecule has 0 aliphatic heterocycles. The fourth-order valence-electron chi connectivity index (χ4n) is 2.21. The van der Waals surface area contributed by atoms with Crippen LogP contribution in [0.1, 0.15) is 36.2 Å². The Morgan fingerprint density at radius 3 is 2.75 bits per heavy atom. The fourth-order valence-corrected chi connectivity index (χ4v) is 2.21. The molecule has 0 heterocycles. The number of nitrogens with one attached hydrogen (secondary N) is 1. The maximum atomic E-state index is 12.1. The molecule has 0 bridgehead atoms. The van der Waals surface area contributed by atoms with E-state index in [4.69, 9.17) is 5.73 Å². The van der Waals surface area contributed by atoms with Gasteiger partial charge in [0.1, 0.15) is 0 Å². The van der Waals surface area contributed by atoms with Gasteiger partial charge in [0, 0.05) is 18.7 Å². The molecule has 1 amide bonds. The van der Waals surface area contributed by atoms with Crippen LogP contribution in [0, 0.1) is 0 Å². The summed E-state index contributed by atoms with van der Waals surface area (Å²) < 4.78 is 0. The summed E-state index contributed by atoms with van der Waals surface area (Å²) in [6.07, 6.45) is 1.95. The van der Waals surface area contributed by atoms with Crippen LogP contribution in [0.15, 0.2) is 24.3 Å². The molecule has 0 fully saturated rings. The second kappa shape index (κ2) is 9.50. The van der Waals surface area contributed by atoms with E-state index in [9.17, 15) is 4.79 Å². The van der Waals surface area contributed by atoms with Crippen molar-refractivity contribution >= 4 is 5.91 Å². The molecule has 112 valence electrons. The van der Waals surface area contributed by atoms with Crippen molar-refractivity contribution in [3.05, 3.63) is 35.4 Å². The molecule has 1 aromatic carbocycles. The lowest BCUT2D eigenvalue weighted by Crippen LogP contribution is -2.35. The van der Waals surface area contributed by atoms with Gasteiger partial charge in [0.2, 0.25) is 0 Å². The van der Waals surface area contributed by atoms with E-state index in [1.807, 2.05) is 24.3 Å². The third-order valence-corrected chi connectivity index (χ3v) is 3.32. The molecule has 0 spiro atoms. The molecule has 0 aromatic heterocycles. The van der Waals surface area contributed by atoms with Crippen LogP contribution in [-0.2, 0) is 6.42 Å². The highest BCUT2D eigenvalue weighted by atomic mass is 16.1. The quantitative estimate of drug-likeness (QED) is 0.721. The molecule has 0 radical (unpaired) electrons. The lowest BCUT2D eigenvalue weighted by atomic mass is 10.1. The van der Waals surface area contributed by atoms with E-state index in [0.717, 1.165) is 43.6 Å². The number of carbonyl (C=O) groups is 1. The van der Waals surface area contributed by atoms with Gasteiger partial charge in [0.25, 0.3) is 5.91 Å². The van der Waals surface area contributed by atoms with Crippen molar-refractivity contribution in [2.24, 2.45) is 5.73 Å². The second-order valence-corrected chi connectivity index (χ2v) is 4.93. The van der Waals surface area contributed by atoms with Crippen LogP contribution in [0.4, 0.5) is 0 Å². The molecule has 20 heavy (non-hydrogen) atoms. The maximum absolute atomic E-state index is 12.1. The molecule has 1 aromatic rings. The van der Waals surface area contributed by atoms with Crippen molar-refractivity contribution in [2.45, 2.75) is 26.7 Å². The second-order valence-electron chi connectivity index (χ2n) is 4.93. The van der Waals surface area contributed by atoms with E-state index < -0.39 is 0 Å². The van der Waals surface area contributed by atoms with Crippen molar-refractivity contribution in [3.63, 3.8) is 0 Å². The zero-order chi connectivity index (χ0) is 14.8. The number of likely N-dealkylation sites (N-methyl/N-ethyl adjacent to an activating group) is 1. The highest BCUT2D eigenvalue weighted by Gasteiger charge is 2.06. The van der Waals surface area contributed by atoms with Crippen LogP contribution in [0.5, 0.6) is 0 Å². The van der Waals surface area contributed by atoms with Crippen molar-refractivity contribution in [1.29, 1.82) is 0 Å². The maximum Gasteiger partial charge on any atom is 0.251 e. The van der Waals surface area contributed by atoms with Crippen molar-refractivity contribution in [3.8, 4) is 0 Å². The molecule has 4 nitrogen and oxygen atoms in total. The third-order valence-electron chi connectivity index (χ3n) is 3.32. The van der Waals surface area contributed by atoms with Crippen LogP contribution < -0.4 is 11.1 Å². The number of nitrogens with zero attached hydrogens (tertiary/aromatic N) is 1. The Hall–Kier alpha value is -1.39. The van der Waals surface area contributed by atoms with Gasteiger partial charge in [-0.05, 0) is 50.2 Å². The molecular formula is C16H27N3O. The number of carbonyl (C=O) groups excluding carboxylic acids is 1. The standard InChI is InChI=1S/C16H27N3O/c1-3-11-19(4-2)12-10-18-16(20)15-7-5-6-14(13-15)8-9-17/h5-7,13H,3-4,8-12,17H2,1-2H3,(H,18,20). The minimum absolute atomic E-state index is 0.00331. The number of benzene rings is 1. The van der Waals surface area contributed by atoms with Crippen LogP contribution in [0.25, 0.3) is 0 Å². The smallest absolute Gasteiger partial charge is 0.251 e. The first-order valence-corrected chi connectivity index (χ1v) is 7.50. The minimum Gasteiger partial charge on any atom is -0.351 e. The van der Waals surface area contributed by atoms with E-state index in [0.29, 0.717) is 13.1 Å². The Labute approximate surface area is 122 Å². The first kappa shape index (κ1) is 16.7. The Balaban J connectivity index is 2.44. The summed E-state index contributed by atoms with van der Waals surface area (Å²) in [5.41, 5.74) is 7.37. The van der Waals surface area contributed by atoms with Gasteiger partial charge < -0.3 is 16.0 Å². The molecule has 0 saturated carbocycles. The Kier molecular flexibility index (Phi) is 7.92. The third kappa shape index (κ3) is 5.72. The molecule has 0 unspecified atom stereocenters. The normalized spacial score (nSPS) is 10.8. The highest BCUT2D eigenvalue weighted by molar-refractivity contribution is 5.94. The van der Waals surface area contributed by atoms with Crippen molar-refractivity contribution in [2.75, 3.05) is 32.7 Å². The largest absolute Gasteiger partial charge is 0.351 e. The first-order chi connectivity index (χ1) is 9.71. The molecule has 1 rings (SSSR count). The van der Waals surface area contributed by atoms with E-state index >= 15 is 0 Å². The topological polar surface area (TPSA) is 58.4 Å².